The van der Waals surface area contributed by atoms with Crippen LogP contribution < -0.4 is 5.32 Å². The van der Waals surface area contributed by atoms with Crippen molar-refractivity contribution in [2.75, 3.05) is 11.9 Å². The van der Waals surface area contributed by atoms with E-state index < -0.39 is 0 Å². The van der Waals surface area contributed by atoms with E-state index in [1.807, 2.05) is 38.1 Å². The van der Waals surface area contributed by atoms with Crippen LogP contribution in [0.4, 0.5) is 17.1 Å². The summed E-state index contributed by atoms with van der Waals surface area (Å²) >= 11 is 0. The SMILES string of the molecule is CCCCCCCCCNc1ccc(N=Nc2ccc(C(=O)O[C@H](C)CC)cc2)cc1. The molecule has 168 valence electrons. The molecule has 0 aliphatic carbocycles. The van der Waals surface area contributed by atoms with Crippen LogP contribution in [0.25, 0.3) is 0 Å². The molecule has 0 fully saturated rings. The van der Waals surface area contributed by atoms with Gasteiger partial charge >= 0.3 is 5.97 Å². The molecule has 1 atom stereocenters. The Balaban J connectivity index is 1.73. The van der Waals surface area contributed by atoms with E-state index in [0.717, 1.165) is 24.3 Å². The average Bonchev–Trinajstić information content (AvgIpc) is 2.80. The zero-order valence-corrected chi connectivity index (χ0v) is 19.3. The normalized spacial score (nSPS) is 12.1. The van der Waals surface area contributed by atoms with Crippen molar-refractivity contribution in [3.63, 3.8) is 0 Å². The number of carbonyl (C=O) groups excluding carboxylic acids is 1. The van der Waals surface area contributed by atoms with Crippen LogP contribution in [0.5, 0.6) is 0 Å². The number of nitrogens with zero attached hydrogens (tertiary/aromatic N) is 2. The molecule has 0 heterocycles. The van der Waals surface area contributed by atoms with Crippen LogP contribution in [0.3, 0.4) is 0 Å². The molecule has 2 aromatic rings. The highest BCUT2D eigenvalue weighted by molar-refractivity contribution is 5.89. The summed E-state index contributed by atoms with van der Waals surface area (Å²) in [7, 11) is 0. The van der Waals surface area contributed by atoms with Gasteiger partial charge in [0.05, 0.1) is 23.0 Å². The largest absolute Gasteiger partial charge is 0.459 e. The second-order valence-corrected chi connectivity index (χ2v) is 7.97. The van der Waals surface area contributed by atoms with E-state index in [1.165, 1.54) is 44.9 Å². The molecule has 1 N–H and O–H groups in total. The Hall–Kier alpha value is -2.69. The van der Waals surface area contributed by atoms with E-state index in [2.05, 4.69) is 22.5 Å². The number of hydrogen-bond donors (Lipinski definition) is 1. The molecule has 0 bridgehead atoms. The fourth-order valence-corrected chi connectivity index (χ4v) is 3.07. The van der Waals surface area contributed by atoms with Crippen molar-refractivity contribution in [1.29, 1.82) is 0 Å². The summed E-state index contributed by atoms with van der Waals surface area (Å²) in [5, 5.41) is 12.0. The molecule has 31 heavy (non-hydrogen) atoms. The summed E-state index contributed by atoms with van der Waals surface area (Å²) in [5.41, 5.74) is 3.12. The fourth-order valence-electron chi connectivity index (χ4n) is 3.07. The lowest BCUT2D eigenvalue weighted by atomic mass is 10.1. The van der Waals surface area contributed by atoms with Crippen LogP contribution in [0, 0.1) is 0 Å². The van der Waals surface area contributed by atoms with Crippen LogP contribution in [0.2, 0.25) is 0 Å². The topological polar surface area (TPSA) is 63.0 Å². The number of hydrogen-bond acceptors (Lipinski definition) is 5. The number of nitrogens with one attached hydrogen (secondary N) is 1. The van der Waals surface area contributed by atoms with Gasteiger partial charge < -0.3 is 10.1 Å². The minimum absolute atomic E-state index is 0.0834. The monoisotopic (exact) mass is 423 g/mol. The van der Waals surface area contributed by atoms with E-state index in [-0.39, 0.29) is 12.1 Å². The second-order valence-electron chi connectivity index (χ2n) is 7.97. The number of benzene rings is 2. The first-order chi connectivity index (χ1) is 15.1. The molecule has 2 rings (SSSR count). The van der Waals surface area contributed by atoms with Gasteiger partial charge in [-0.1, -0.05) is 52.4 Å². The van der Waals surface area contributed by atoms with Crippen molar-refractivity contribution in [3.05, 3.63) is 54.1 Å². The van der Waals surface area contributed by atoms with Gasteiger partial charge in [0.2, 0.25) is 0 Å². The molecule has 0 spiro atoms. The smallest absolute Gasteiger partial charge is 0.338 e. The highest BCUT2D eigenvalue weighted by atomic mass is 16.5. The highest BCUT2D eigenvalue weighted by Crippen LogP contribution is 2.21. The Morgan fingerprint density at radius 3 is 1.97 bits per heavy atom. The maximum Gasteiger partial charge on any atom is 0.338 e. The van der Waals surface area contributed by atoms with Gasteiger partial charge in [0, 0.05) is 12.2 Å². The zero-order valence-electron chi connectivity index (χ0n) is 19.3. The third-order valence-electron chi connectivity index (χ3n) is 5.24. The predicted octanol–water partition coefficient (Wildman–Crippen LogP) is 8.22. The van der Waals surface area contributed by atoms with E-state index in [9.17, 15) is 4.79 Å². The van der Waals surface area contributed by atoms with Crippen LogP contribution in [0.1, 0.15) is 82.5 Å². The quantitative estimate of drug-likeness (QED) is 0.189. The van der Waals surface area contributed by atoms with Gasteiger partial charge in [0.25, 0.3) is 0 Å². The molecule has 0 aliphatic rings. The summed E-state index contributed by atoms with van der Waals surface area (Å²) in [6, 6.07) is 15.0. The molecule has 0 radical (unpaired) electrons. The van der Waals surface area contributed by atoms with E-state index >= 15 is 0 Å². The summed E-state index contributed by atoms with van der Waals surface area (Å²) in [6.45, 7) is 7.13. The van der Waals surface area contributed by atoms with Crippen molar-refractivity contribution in [1.82, 2.24) is 0 Å². The third-order valence-corrected chi connectivity index (χ3v) is 5.24. The van der Waals surface area contributed by atoms with E-state index in [1.54, 1.807) is 24.3 Å². The highest BCUT2D eigenvalue weighted by Gasteiger charge is 2.10. The summed E-state index contributed by atoms with van der Waals surface area (Å²) in [4.78, 5) is 12.0. The molecular formula is C26H37N3O2. The van der Waals surface area contributed by atoms with Crippen LogP contribution in [-0.2, 0) is 4.74 Å². The number of anilines is 1. The second kappa shape index (κ2) is 14.3. The van der Waals surface area contributed by atoms with Crippen molar-refractivity contribution in [2.45, 2.75) is 78.2 Å². The first-order valence-corrected chi connectivity index (χ1v) is 11.7. The lowest BCUT2D eigenvalue weighted by Gasteiger charge is -2.10. The van der Waals surface area contributed by atoms with Crippen molar-refractivity contribution < 1.29 is 9.53 Å². The van der Waals surface area contributed by atoms with Crippen molar-refractivity contribution in [3.8, 4) is 0 Å². The molecule has 0 aliphatic heterocycles. The maximum absolute atomic E-state index is 12.0. The third kappa shape index (κ3) is 9.77. The minimum Gasteiger partial charge on any atom is -0.459 e. The van der Waals surface area contributed by atoms with Gasteiger partial charge in [-0.3, -0.25) is 0 Å². The van der Waals surface area contributed by atoms with Gasteiger partial charge in [-0.2, -0.15) is 10.2 Å². The first-order valence-electron chi connectivity index (χ1n) is 11.7. The molecule has 5 heteroatoms. The lowest BCUT2D eigenvalue weighted by Crippen LogP contribution is -2.13. The van der Waals surface area contributed by atoms with Crippen LogP contribution in [-0.4, -0.2) is 18.6 Å². The van der Waals surface area contributed by atoms with E-state index in [4.69, 9.17) is 4.74 Å². The van der Waals surface area contributed by atoms with Crippen molar-refractivity contribution >= 4 is 23.0 Å². The standard InChI is InChI=1S/C26H37N3O2/c1-4-6-7-8-9-10-11-20-27-23-16-18-25(19-17-23)29-28-24-14-12-22(13-15-24)26(30)31-21(3)5-2/h12-19,21,27H,4-11,20H2,1-3H3/t21-/m1/s1. The van der Waals surface area contributed by atoms with Crippen LogP contribution in [0.15, 0.2) is 58.8 Å². The van der Waals surface area contributed by atoms with Gasteiger partial charge in [-0.05, 0) is 68.3 Å². The molecule has 0 saturated heterocycles. The molecule has 0 amide bonds. The molecule has 0 unspecified atom stereocenters. The number of unbranched alkanes of at least 4 members (excludes halogenated alkanes) is 6. The number of esters is 1. The Bertz CT molecular complexity index is 785. The van der Waals surface area contributed by atoms with Gasteiger partial charge in [0.1, 0.15) is 0 Å². The minimum atomic E-state index is -0.308. The molecule has 5 nitrogen and oxygen atoms in total. The number of carbonyl (C=O) groups is 1. The lowest BCUT2D eigenvalue weighted by molar-refractivity contribution is 0.0334. The maximum atomic E-state index is 12.0. The molecular weight excluding hydrogens is 386 g/mol. The molecule has 0 aromatic heterocycles. The van der Waals surface area contributed by atoms with Gasteiger partial charge in [0.15, 0.2) is 0 Å². The first kappa shape index (κ1) is 24.6. The van der Waals surface area contributed by atoms with Gasteiger partial charge in [-0.25, -0.2) is 4.79 Å². The molecule has 2 aromatic carbocycles. The molecule has 0 saturated carbocycles. The fraction of sp³-hybridized carbons (Fsp3) is 0.500. The predicted molar refractivity (Wildman–Crippen MR) is 129 cm³/mol. The number of ether oxygens (including phenoxy) is 1. The Morgan fingerprint density at radius 1 is 0.839 bits per heavy atom. The Labute approximate surface area is 187 Å². The van der Waals surface area contributed by atoms with Gasteiger partial charge in [-0.15, -0.1) is 0 Å². The van der Waals surface area contributed by atoms with Crippen LogP contribution >= 0.6 is 0 Å². The zero-order chi connectivity index (χ0) is 22.3. The van der Waals surface area contributed by atoms with Crippen molar-refractivity contribution in [2.24, 2.45) is 10.2 Å². The Kier molecular flexibility index (Phi) is 11.4. The summed E-state index contributed by atoms with van der Waals surface area (Å²) in [5.74, 6) is -0.308. The summed E-state index contributed by atoms with van der Waals surface area (Å²) < 4.78 is 5.33. The number of rotatable bonds is 14. The number of azo groups is 1. The van der Waals surface area contributed by atoms with E-state index in [0.29, 0.717) is 11.3 Å². The average molecular weight is 424 g/mol. The Morgan fingerprint density at radius 2 is 1.39 bits per heavy atom. The summed E-state index contributed by atoms with van der Waals surface area (Å²) in [6.07, 6.45) is 9.93.